The van der Waals surface area contributed by atoms with Gasteiger partial charge in [-0.25, -0.2) is 0 Å². The van der Waals surface area contributed by atoms with Crippen LogP contribution in [0.4, 0.5) is 5.69 Å². The molecule has 170 valence electrons. The summed E-state index contributed by atoms with van der Waals surface area (Å²) in [6.45, 7) is 8.07. The second kappa shape index (κ2) is 10.4. The third kappa shape index (κ3) is 5.47. The molecule has 0 atom stereocenters. The molecule has 1 amide bonds. The first-order valence-electron chi connectivity index (χ1n) is 12.2. The number of amides is 1. The molecule has 4 rings (SSSR count). The second-order valence-corrected chi connectivity index (χ2v) is 9.77. The Balaban J connectivity index is 1.31. The molecule has 0 unspecified atom stereocenters. The van der Waals surface area contributed by atoms with Crippen LogP contribution in [0, 0.1) is 5.92 Å². The first-order valence-corrected chi connectivity index (χ1v) is 12.2. The van der Waals surface area contributed by atoms with Crippen LogP contribution in [0.1, 0.15) is 73.4 Å². The van der Waals surface area contributed by atoms with E-state index in [1.54, 1.807) is 0 Å². The number of piperidine rings is 1. The molecule has 0 bridgehead atoms. The zero-order valence-electron chi connectivity index (χ0n) is 19.6. The molecule has 2 aromatic rings. The lowest BCUT2D eigenvalue weighted by atomic mass is 9.89. The van der Waals surface area contributed by atoms with Gasteiger partial charge in [0, 0.05) is 37.2 Å². The minimum Gasteiger partial charge on any atom is -0.312 e. The largest absolute Gasteiger partial charge is 0.312 e. The van der Waals surface area contributed by atoms with Gasteiger partial charge in [-0.2, -0.15) is 0 Å². The number of carbonyl (C=O) groups is 2. The highest BCUT2D eigenvalue weighted by atomic mass is 16.2. The molecule has 2 aromatic carbocycles. The van der Waals surface area contributed by atoms with E-state index in [2.05, 4.69) is 49.1 Å². The molecule has 4 heteroatoms. The number of nitrogens with zero attached hydrogens (tertiary/aromatic N) is 2. The molecule has 1 saturated heterocycles. The number of fused-ring (bicyclic) bond motifs is 1. The fourth-order valence-corrected chi connectivity index (χ4v) is 4.98. The lowest BCUT2D eigenvalue weighted by Crippen LogP contribution is -2.36. The molecule has 1 fully saturated rings. The number of carbonyl (C=O) groups excluding carboxylic acids is 2. The summed E-state index contributed by atoms with van der Waals surface area (Å²) < 4.78 is 0. The van der Waals surface area contributed by atoms with Crippen molar-refractivity contribution in [1.82, 2.24) is 4.90 Å². The fraction of sp³-hybridized carbons (Fsp3) is 0.500. The molecular weight excluding hydrogens is 396 g/mol. The third-order valence-electron chi connectivity index (χ3n) is 7.05. The molecule has 2 aliphatic heterocycles. The van der Waals surface area contributed by atoms with Crippen LogP contribution in [0.15, 0.2) is 48.5 Å². The molecule has 0 radical (unpaired) electrons. The molecule has 2 aliphatic rings. The van der Waals surface area contributed by atoms with Crippen LogP contribution in [0.5, 0.6) is 0 Å². The van der Waals surface area contributed by atoms with Gasteiger partial charge >= 0.3 is 0 Å². The molecule has 0 saturated carbocycles. The summed E-state index contributed by atoms with van der Waals surface area (Å²) in [6, 6.07) is 16.7. The highest BCUT2D eigenvalue weighted by molar-refractivity contribution is 6.00. The van der Waals surface area contributed by atoms with Crippen LogP contribution in [0.25, 0.3) is 0 Å². The van der Waals surface area contributed by atoms with Crippen LogP contribution in [0.2, 0.25) is 0 Å². The van der Waals surface area contributed by atoms with Gasteiger partial charge in [0.25, 0.3) is 0 Å². The molecule has 32 heavy (non-hydrogen) atoms. The number of aryl methyl sites for hydroxylation is 1. The van der Waals surface area contributed by atoms with Crippen molar-refractivity contribution in [2.75, 3.05) is 31.1 Å². The van der Waals surface area contributed by atoms with Crippen molar-refractivity contribution < 1.29 is 9.59 Å². The summed E-state index contributed by atoms with van der Waals surface area (Å²) in [5.74, 6) is 1.62. The van der Waals surface area contributed by atoms with E-state index in [0.717, 1.165) is 68.7 Å². The van der Waals surface area contributed by atoms with Gasteiger partial charge in [0.2, 0.25) is 5.91 Å². The van der Waals surface area contributed by atoms with Gasteiger partial charge in [-0.1, -0.05) is 44.2 Å². The lowest BCUT2D eigenvalue weighted by molar-refractivity contribution is -0.118. The molecule has 2 heterocycles. The minimum absolute atomic E-state index is 0.205. The van der Waals surface area contributed by atoms with Gasteiger partial charge in [-0.15, -0.1) is 0 Å². The van der Waals surface area contributed by atoms with Gasteiger partial charge in [0.15, 0.2) is 5.78 Å². The number of likely N-dealkylation sites (tertiary alicyclic amines) is 1. The van der Waals surface area contributed by atoms with Crippen LogP contribution in [0.3, 0.4) is 0 Å². The molecule has 0 spiro atoms. The maximum Gasteiger partial charge on any atom is 0.227 e. The normalized spacial score (nSPS) is 17.6. The summed E-state index contributed by atoms with van der Waals surface area (Å²) in [4.78, 5) is 29.7. The van der Waals surface area contributed by atoms with E-state index in [9.17, 15) is 9.59 Å². The Kier molecular flexibility index (Phi) is 7.41. The van der Waals surface area contributed by atoms with Crippen LogP contribution in [-0.2, 0) is 11.2 Å². The summed E-state index contributed by atoms with van der Waals surface area (Å²) >= 11 is 0. The first kappa shape index (κ1) is 22.7. The van der Waals surface area contributed by atoms with Crippen LogP contribution < -0.4 is 4.90 Å². The summed E-state index contributed by atoms with van der Waals surface area (Å²) in [5, 5.41) is 0. The average Bonchev–Trinajstić information content (AvgIpc) is 2.82. The number of hydrogen-bond donors (Lipinski definition) is 0. The second-order valence-electron chi connectivity index (χ2n) is 9.77. The Labute approximate surface area is 192 Å². The Morgan fingerprint density at radius 3 is 2.47 bits per heavy atom. The number of ketones is 1. The molecule has 4 nitrogen and oxygen atoms in total. The van der Waals surface area contributed by atoms with Crippen molar-refractivity contribution >= 4 is 17.4 Å². The van der Waals surface area contributed by atoms with Gasteiger partial charge in [-0.3, -0.25) is 9.59 Å². The lowest BCUT2D eigenvalue weighted by Gasteiger charge is -2.32. The van der Waals surface area contributed by atoms with Crippen molar-refractivity contribution in [3.05, 3.63) is 65.2 Å². The quantitative estimate of drug-likeness (QED) is 0.520. The van der Waals surface area contributed by atoms with E-state index < -0.39 is 0 Å². The van der Waals surface area contributed by atoms with E-state index >= 15 is 0 Å². The SMILES string of the molecule is CC(C)CCN1C(=O)CCc2cc(C(=O)CCN3CCC(c4ccccc4)CC3)ccc21. The predicted octanol–water partition coefficient (Wildman–Crippen LogP) is 5.46. The van der Waals surface area contributed by atoms with Crippen molar-refractivity contribution in [2.24, 2.45) is 5.92 Å². The number of hydrogen-bond acceptors (Lipinski definition) is 3. The number of Topliss-reactive ketones (excluding diaryl/α,β-unsaturated/α-hetero) is 1. The Morgan fingerprint density at radius 2 is 1.75 bits per heavy atom. The standard InChI is InChI=1S/C28H36N2O2/c1-21(2)12-19-30-26-10-8-25(20-24(26)9-11-28(30)32)27(31)15-18-29-16-13-23(14-17-29)22-6-4-3-5-7-22/h3-8,10,20-21,23H,9,11-19H2,1-2H3. The third-order valence-corrected chi connectivity index (χ3v) is 7.05. The zero-order chi connectivity index (χ0) is 22.5. The van der Waals surface area contributed by atoms with Crippen LogP contribution >= 0.6 is 0 Å². The van der Waals surface area contributed by atoms with E-state index in [0.29, 0.717) is 24.7 Å². The topological polar surface area (TPSA) is 40.6 Å². The van der Waals surface area contributed by atoms with E-state index in [1.807, 2.05) is 23.1 Å². The zero-order valence-corrected chi connectivity index (χ0v) is 19.6. The number of anilines is 1. The van der Waals surface area contributed by atoms with E-state index in [-0.39, 0.29) is 11.7 Å². The van der Waals surface area contributed by atoms with Crippen LogP contribution in [-0.4, -0.2) is 42.8 Å². The van der Waals surface area contributed by atoms with Gasteiger partial charge in [-0.05, 0) is 79.9 Å². The van der Waals surface area contributed by atoms with E-state index in [1.165, 1.54) is 5.56 Å². The van der Waals surface area contributed by atoms with Gasteiger partial charge < -0.3 is 9.80 Å². The van der Waals surface area contributed by atoms with Crippen molar-refractivity contribution in [1.29, 1.82) is 0 Å². The highest BCUT2D eigenvalue weighted by Gasteiger charge is 2.25. The van der Waals surface area contributed by atoms with Gasteiger partial charge in [0.05, 0.1) is 0 Å². The van der Waals surface area contributed by atoms with E-state index in [4.69, 9.17) is 0 Å². The first-order chi connectivity index (χ1) is 15.5. The maximum absolute atomic E-state index is 12.9. The molecular formula is C28H36N2O2. The summed E-state index contributed by atoms with van der Waals surface area (Å²) in [6.07, 6.45) is 5.16. The smallest absolute Gasteiger partial charge is 0.227 e. The van der Waals surface area contributed by atoms with Gasteiger partial charge in [0.1, 0.15) is 0 Å². The minimum atomic E-state index is 0.205. The fourth-order valence-electron chi connectivity index (χ4n) is 4.98. The maximum atomic E-state index is 12.9. The number of rotatable bonds is 8. The Bertz CT molecular complexity index is 930. The average molecular weight is 433 g/mol. The summed E-state index contributed by atoms with van der Waals surface area (Å²) in [5.41, 5.74) is 4.38. The van der Waals surface area contributed by atoms with Crippen molar-refractivity contribution in [3.63, 3.8) is 0 Å². The molecule has 0 aliphatic carbocycles. The Hall–Kier alpha value is -2.46. The highest BCUT2D eigenvalue weighted by Crippen LogP contribution is 2.30. The molecule has 0 aromatic heterocycles. The number of benzene rings is 2. The Morgan fingerprint density at radius 1 is 1.00 bits per heavy atom. The van der Waals surface area contributed by atoms with Crippen molar-refractivity contribution in [2.45, 2.75) is 58.3 Å². The molecule has 0 N–H and O–H groups in total. The predicted molar refractivity (Wildman–Crippen MR) is 130 cm³/mol. The monoisotopic (exact) mass is 432 g/mol. The summed E-state index contributed by atoms with van der Waals surface area (Å²) in [7, 11) is 0. The van der Waals surface area contributed by atoms with Crippen molar-refractivity contribution in [3.8, 4) is 0 Å².